The molecule has 0 unspecified atom stereocenters. The Morgan fingerprint density at radius 2 is 1.85 bits per heavy atom. The quantitative estimate of drug-likeness (QED) is 0.790. The average molecular weight is 198 g/mol. The Hall–Kier alpha value is -0.530. The normalized spacial score (nSPS) is 15.4. The first-order valence-corrected chi connectivity index (χ1v) is 5.04. The molecule has 0 saturated heterocycles. The van der Waals surface area contributed by atoms with E-state index in [1.54, 1.807) is 0 Å². The largest absolute Gasteiger partial charge is 0.324 e. The zero-order valence-corrected chi connectivity index (χ0v) is 8.88. The summed E-state index contributed by atoms with van der Waals surface area (Å²) in [6, 6.07) is 7.90. The summed E-state index contributed by atoms with van der Waals surface area (Å²) in [6.07, 6.45) is 1.10. The summed E-state index contributed by atoms with van der Waals surface area (Å²) in [5.74, 6) is 0.515. The van der Waals surface area contributed by atoms with E-state index in [2.05, 4.69) is 13.8 Å². The van der Waals surface area contributed by atoms with Crippen LogP contribution in [0.5, 0.6) is 0 Å². The summed E-state index contributed by atoms with van der Waals surface area (Å²) in [7, 11) is 0. The molecule has 0 spiro atoms. The van der Waals surface area contributed by atoms with Crippen LogP contribution in [0.2, 0.25) is 5.02 Å². The van der Waals surface area contributed by atoms with Gasteiger partial charge in [-0.25, -0.2) is 0 Å². The standard InChI is InChI=1S/C11H16ClN/c1-3-8(2)11(13)9-4-6-10(12)7-5-9/h4-8,11H,3,13H2,1-2H3/t8-,11+/m0/s1. The fraction of sp³-hybridized carbons (Fsp3) is 0.455. The van der Waals surface area contributed by atoms with Crippen molar-refractivity contribution >= 4 is 11.6 Å². The van der Waals surface area contributed by atoms with Gasteiger partial charge in [-0.3, -0.25) is 0 Å². The zero-order chi connectivity index (χ0) is 9.84. The van der Waals surface area contributed by atoms with E-state index in [0.717, 1.165) is 11.4 Å². The highest BCUT2D eigenvalue weighted by Crippen LogP contribution is 2.22. The van der Waals surface area contributed by atoms with Gasteiger partial charge in [-0.1, -0.05) is 44.0 Å². The van der Waals surface area contributed by atoms with E-state index >= 15 is 0 Å². The number of hydrogen-bond donors (Lipinski definition) is 1. The van der Waals surface area contributed by atoms with Gasteiger partial charge in [-0.05, 0) is 23.6 Å². The molecule has 1 aromatic carbocycles. The van der Waals surface area contributed by atoms with Gasteiger partial charge in [0.2, 0.25) is 0 Å². The van der Waals surface area contributed by atoms with Gasteiger partial charge in [-0.2, -0.15) is 0 Å². The third kappa shape index (κ3) is 2.71. The van der Waals surface area contributed by atoms with Crippen LogP contribution >= 0.6 is 11.6 Å². The molecular weight excluding hydrogens is 182 g/mol. The van der Waals surface area contributed by atoms with E-state index < -0.39 is 0 Å². The van der Waals surface area contributed by atoms with Gasteiger partial charge in [0.05, 0.1) is 0 Å². The third-order valence-corrected chi connectivity index (χ3v) is 2.76. The maximum Gasteiger partial charge on any atom is 0.0406 e. The van der Waals surface area contributed by atoms with Crippen LogP contribution in [0.15, 0.2) is 24.3 Å². The van der Waals surface area contributed by atoms with Crippen molar-refractivity contribution < 1.29 is 0 Å². The number of nitrogens with two attached hydrogens (primary N) is 1. The van der Waals surface area contributed by atoms with Gasteiger partial charge < -0.3 is 5.73 Å². The Morgan fingerprint density at radius 3 is 2.31 bits per heavy atom. The molecule has 0 aliphatic rings. The molecule has 0 fully saturated rings. The molecule has 0 heterocycles. The summed E-state index contributed by atoms with van der Waals surface area (Å²) >= 11 is 5.79. The molecule has 1 rings (SSSR count). The number of benzene rings is 1. The molecule has 0 saturated carbocycles. The van der Waals surface area contributed by atoms with Crippen LogP contribution in [0.3, 0.4) is 0 Å². The number of halogens is 1. The summed E-state index contributed by atoms with van der Waals surface area (Å²) in [5, 5.41) is 0.764. The molecule has 13 heavy (non-hydrogen) atoms. The minimum Gasteiger partial charge on any atom is -0.324 e. The van der Waals surface area contributed by atoms with Gasteiger partial charge >= 0.3 is 0 Å². The molecule has 0 bridgehead atoms. The van der Waals surface area contributed by atoms with Crippen molar-refractivity contribution in [3.05, 3.63) is 34.9 Å². The average Bonchev–Trinajstić information content (AvgIpc) is 2.17. The Labute approximate surface area is 84.9 Å². The lowest BCUT2D eigenvalue weighted by molar-refractivity contribution is 0.457. The fourth-order valence-electron chi connectivity index (χ4n) is 1.27. The van der Waals surface area contributed by atoms with Gasteiger partial charge in [-0.15, -0.1) is 0 Å². The van der Waals surface area contributed by atoms with Crippen molar-refractivity contribution in [3.8, 4) is 0 Å². The number of hydrogen-bond acceptors (Lipinski definition) is 1. The van der Waals surface area contributed by atoms with Crippen LogP contribution in [0.4, 0.5) is 0 Å². The van der Waals surface area contributed by atoms with Crippen LogP contribution in [0, 0.1) is 5.92 Å². The molecule has 0 aliphatic heterocycles. The molecule has 0 radical (unpaired) electrons. The highest BCUT2D eigenvalue weighted by atomic mass is 35.5. The first-order chi connectivity index (χ1) is 6.15. The lowest BCUT2D eigenvalue weighted by Gasteiger charge is -2.18. The van der Waals surface area contributed by atoms with Gasteiger partial charge in [0.1, 0.15) is 0 Å². The topological polar surface area (TPSA) is 26.0 Å². The van der Waals surface area contributed by atoms with E-state index in [1.165, 1.54) is 5.56 Å². The molecular formula is C11H16ClN. The highest BCUT2D eigenvalue weighted by molar-refractivity contribution is 6.30. The SMILES string of the molecule is CC[C@H](C)[C@@H](N)c1ccc(Cl)cc1. The Morgan fingerprint density at radius 1 is 1.31 bits per heavy atom. The monoisotopic (exact) mass is 197 g/mol. The van der Waals surface area contributed by atoms with E-state index in [4.69, 9.17) is 17.3 Å². The second-order valence-electron chi connectivity index (χ2n) is 3.46. The lowest BCUT2D eigenvalue weighted by Crippen LogP contribution is -2.18. The van der Waals surface area contributed by atoms with Crippen molar-refractivity contribution in [2.45, 2.75) is 26.3 Å². The zero-order valence-electron chi connectivity index (χ0n) is 8.13. The predicted molar refractivity (Wildman–Crippen MR) is 57.8 cm³/mol. The summed E-state index contributed by atoms with van der Waals surface area (Å²) in [6.45, 7) is 4.32. The maximum absolute atomic E-state index is 6.06. The van der Waals surface area contributed by atoms with Crippen LogP contribution in [-0.2, 0) is 0 Å². The number of rotatable bonds is 3. The summed E-state index contributed by atoms with van der Waals surface area (Å²) in [4.78, 5) is 0. The minimum atomic E-state index is 0.127. The minimum absolute atomic E-state index is 0.127. The van der Waals surface area contributed by atoms with Crippen molar-refractivity contribution in [3.63, 3.8) is 0 Å². The Kier molecular flexibility index (Phi) is 3.76. The second kappa shape index (κ2) is 4.64. The van der Waals surface area contributed by atoms with Gasteiger partial charge in [0, 0.05) is 11.1 Å². The predicted octanol–water partition coefficient (Wildman–Crippen LogP) is 3.39. The Balaban J connectivity index is 2.77. The van der Waals surface area contributed by atoms with Crippen LogP contribution in [0.1, 0.15) is 31.9 Å². The molecule has 0 aliphatic carbocycles. The first kappa shape index (κ1) is 10.6. The smallest absolute Gasteiger partial charge is 0.0406 e. The van der Waals surface area contributed by atoms with Crippen molar-refractivity contribution in [2.75, 3.05) is 0 Å². The van der Waals surface area contributed by atoms with Crippen molar-refractivity contribution in [1.82, 2.24) is 0 Å². The van der Waals surface area contributed by atoms with E-state index in [0.29, 0.717) is 5.92 Å². The van der Waals surface area contributed by atoms with Gasteiger partial charge in [0.15, 0.2) is 0 Å². The molecule has 1 aromatic rings. The van der Waals surface area contributed by atoms with E-state index in [1.807, 2.05) is 24.3 Å². The molecule has 0 aromatic heterocycles. The van der Waals surface area contributed by atoms with Crippen LogP contribution in [-0.4, -0.2) is 0 Å². The summed E-state index contributed by atoms with van der Waals surface area (Å²) < 4.78 is 0. The fourth-order valence-corrected chi connectivity index (χ4v) is 1.39. The first-order valence-electron chi connectivity index (χ1n) is 4.66. The molecule has 72 valence electrons. The maximum atomic E-state index is 6.06. The molecule has 2 N–H and O–H groups in total. The third-order valence-electron chi connectivity index (χ3n) is 2.51. The molecule has 2 atom stereocenters. The van der Waals surface area contributed by atoms with Crippen molar-refractivity contribution in [2.24, 2.45) is 11.7 Å². The van der Waals surface area contributed by atoms with Gasteiger partial charge in [0.25, 0.3) is 0 Å². The van der Waals surface area contributed by atoms with Crippen LogP contribution in [0.25, 0.3) is 0 Å². The summed E-state index contributed by atoms with van der Waals surface area (Å²) in [5.41, 5.74) is 7.22. The Bertz CT molecular complexity index is 255. The van der Waals surface area contributed by atoms with E-state index in [9.17, 15) is 0 Å². The lowest BCUT2D eigenvalue weighted by atomic mass is 9.93. The highest BCUT2D eigenvalue weighted by Gasteiger charge is 2.12. The molecule has 0 amide bonds. The van der Waals surface area contributed by atoms with E-state index in [-0.39, 0.29) is 6.04 Å². The van der Waals surface area contributed by atoms with Crippen molar-refractivity contribution in [1.29, 1.82) is 0 Å². The van der Waals surface area contributed by atoms with Crippen LogP contribution < -0.4 is 5.73 Å². The molecule has 1 nitrogen and oxygen atoms in total. The molecule has 2 heteroatoms. The second-order valence-corrected chi connectivity index (χ2v) is 3.90.